The number of aliphatic hydroxyl groups excluding tert-OH is 1. The zero-order chi connectivity index (χ0) is 9.26. The maximum absolute atomic E-state index is 9.27. The summed E-state index contributed by atoms with van der Waals surface area (Å²) in [5, 5.41) is 13.0. The molecular formula is C8H13N3O2. The van der Waals surface area contributed by atoms with Crippen molar-refractivity contribution in [3.05, 3.63) is 11.7 Å². The molecule has 1 aliphatic carbocycles. The summed E-state index contributed by atoms with van der Waals surface area (Å²) in [6.45, 7) is 0.116. The van der Waals surface area contributed by atoms with Crippen LogP contribution in [0.3, 0.4) is 0 Å². The second kappa shape index (κ2) is 3.43. The Kier molecular flexibility index (Phi) is 2.28. The minimum Gasteiger partial charge on any atom is -0.382 e. The van der Waals surface area contributed by atoms with Gasteiger partial charge in [0, 0.05) is 13.0 Å². The van der Waals surface area contributed by atoms with Crippen LogP contribution in [0.5, 0.6) is 0 Å². The first-order valence-electron chi connectivity index (χ1n) is 4.50. The number of hydrogen-bond donors (Lipinski definition) is 2. The standard InChI is InChI=1S/C8H13N3O2/c9-4-6(12)8-10-7(11-13-8)3-5-1-2-5/h5-6,12H,1-4,9H2. The van der Waals surface area contributed by atoms with Crippen LogP contribution < -0.4 is 5.73 Å². The van der Waals surface area contributed by atoms with E-state index in [2.05, 4.69) is 10.1 Å². The van der Waals surface area contributed by atoms with Crippen LogP contribution in [0.4, 0.5) is 0 Å². The molecule has 1 aromatic heterocycles. The number of nitrogens with zero attached hydrogens (tertiary/aromatic N) is 2. The summed E-state index contributed by atoms with van der Waals surface area (Å²) in [4.78, 5) is 4.05. The molecule has 0 aromatic carbocycles. The van der Waals surface area contributed by atoms with E-state index >= 15 is 0 Å². The molecule has 5 nitrogen and oxygen atoms in total. The lowest BCUT2D eigenvalue weighted by atomic mass is 10.3. The summed E-state index contributed by atoms with van der Waals surface area (Å²) in [5.41, 5.74) is 5.25. The highest BCUT2D eigenvalue weighted by Crippen LogP contribution is 2.31. The largest absolute Gasteiger partial charge is 0.382 e. The topological polar surface area (TPSA) is 85.2 Å². The number of rotatable bonds is 4. The molecule has 0 saturated heterocycles. The van der Waals surface area contributed by atoms with Gasteiger partial charge in [-0.2, -0.15) is 4.98 Å². The second-order valence-electron chi connectivity index (χ2n) is 3.45. The molecule has 1 aromatic rings. The Morgan fingerprint density at radius 1 is 1.62 bits per heavy atom. The fourth-order valence-corrected chi connectivity index (χ4v) is 1.17. The van der Waals surface area contributed by atoms with E-state index in [4.69, 9.17) is 10.3 Å². The third kappa shape index (κ3) is 2.05. The van der Waals surface area contributed by atoms with Gasteiger partial charge in [0.15, 0.2) is 5.82 Å². The van der Waals surface area contributed by atoms with Crippen LogP contribution in [-0.4, -0.2) is 21.8 Å². The van der Waals surface area contributed by atoms with Gasteiger partial charge < -0.3 is 15.4 Å². The van der Waals surface area contributed by atoms with Gasteiger partial charge in [-0.3, -0.25) is 0 Å². The molecule has 0 spiro atoms. The SMILES string of the molecule is NCC(O)c1nc(CC2CC2)no1. The first-order valence-corrected chi connectivity index (χ1v) is 4.50. The minimum atomic E-state index is -0.819. The Bertz CT molecular complexity index is 283. The van der Waals surface area contributed by atoms with Crippen molar-refractivity contribution in [2.75, 3.05) is 6.54 Å². The maximum atomic E-state index is 9.27. The molecule has 2 rings (SSSR count). The van der Waals surface area contributed by atoms with Crippen LogP contribution in [0.15, 0.2) is 4.52 Å². The van der Waals surface area contributed by atoms with Gasteiger partial charge in [-0.05, 0) is 18.8 Å². The lowest BCUT2D eigenvalue weighted by Crippen LogP contribution is -2.11. The highest BCUT2D eigenvalue weighted by molar-refractivity contribution is 4.94. The Morgan fingerprint density at radius 2 is 2.38 bits per heavy atom. The molecule has 5 heteroatoms. The van der Waals surface area contributed by atoms with Crippen molar-refractivity contribution in [1.82, 2.24) is 10.1 Å². The zero-order valence-electron chi connectivity index (χ0n) is 7.31. The number of aromatic nitrogens is 2. The molecule has 0 bridgehead atoms. The number of nitrogens with two attached hydrogens (primary N) is 1. The third-order valence-corrected chi connectivity index (χ3v) is 2.16. The summed E-state index contributed by atoms with van der Waals surface area (Å²) in [6, 6.07) is 0. The van der Waals surface area contributed by atoms with Gasteiger partial charge in [0.05, 0.1) is 0 Å². The molecule has 0 amide bonds. The van der Waals surface area contributed by atoms with Gasteiger partial charge in [0.25, 0.3) is 5.89 Å². The zero-order valence-corrected chi connectivity index (χ0v) is 7.31. The smallest absolute Gasteiger partial charge is 0.256 e. The quantitative estimate of drug-likeness (QED) is 0.687. The molecule has 1 atom stereocenters. The summed E-state index contributed by atoms with van der Waals surface area (Å²) in [6.07, 6.45) is 2.55. The van der Waals surface area contributed by atoms with Crippen molar-refractivity contribution in [1.29, 1.82) is 0 Å². The lowest BCUT2D eigenvalue weighted by molar-refractivity contribution is 0.141. The average molecular weight is 183 g/mol. The second-order valence-corrected chi connectivity index (χ2v) is 3.45. The van der Waals surface area contributed by atoms with E-state index in [0.717, 1.165) is 12.3 Å². The molecule has 0 aliphatic heterocycles. The molecule has 3 N–H and O–H groups in total. The molecule has 13 heavy (non-hydrogen) atoms. The van der Waals surface area contributed by atoms with Crippen LogP contribution in [0.2, 0.25) is 0 Å². The van der Waals surface area contributed by atoms with Crippen LogP contribution in [0.1, 0.15) is 30.7 Å². The van der Waals surface area contributed by atoms with Crippen molar-refractivity contribution in [3.8, 4) is 0 Å². The predicted octanol–water partition coefficient (Wildman–Crippen LogP) is 0.0142. The van der Waals surface area contributed by atoms with E-state index in [0.29, 0.717) is 5.82 Å². The van der Waals surface area contributed by atoms with E-state index in [1.165, 1.54) is 12.8 Å². The first kappa shape index (κ1) is 8.65. The van der Waals surface area contributed by atoms with Crippen LogP contribution in [0, 0.1) is 5.92 Å². The van der Waals surface area contributed by atoms with Gasteiger partial charge in [0.2, 0.25) is 0 Å². The fourth-order valence-electron chi connectivity index (χ4n) is 1.17. The Balaban J connectivity index is 1.99. The van der Waals surface area contributed by atoms with Gasteiger partial charge in [-0.1, -0.05) is 5.16 Å². The molecule has 1 heterocycles. The monoisotopic (exact) mass is 183 g/mol. The highest BCUT2D eigenvalue weighted by atomic mass is 16.5. The molecule has 1 fully saturated rings. The predicted molar refractivity (Wildman–Crippen MR) is 44.7 cm³/mol. The maximum Gasteiger partial charge on any atom is 0.256 e. The summed E-state index contributed by atoms with van der Waals surface area (Å²) >= 11 is 0. The number of hydrogen-bond acceptors (Lipinski definition) is 5. The van der Waals surface area contributed by atoms with Crippen molar-refractivity contribution in [2.45, 2.75) is 25.4 Å². The van der Waals surface area contributed by atoms with E-state index in [-0.39, 0.29) is 12.4 Å². The molecule has 1 aliphatic rings. The van der Waals surface area contributed by atoms with E-state index in [1.54, 1.807) is 0 Å². The normalized spacial score (nSPS) is 18.9. The molecule has 1 unspecified atom stereocenters. The van der Waals surface area contributed by atoms with Gasteiger partial charge in [0.1, 0.15) is 6.10 Å². The Labute approximate surface area is 75.9 Å². The van der Waals surface area contributed by atoms with Gasteiger partial charge in [-0.25, -0.2) is 0 Å². The van der Waals surface area contributed by atoms with E-state index < -0.39 is 6.10 Å². The van der Waals surface area contributed by atoms with Gasteiger partial charge in [-0.15, -0.1) is 0 Å². The van der Waals surface area contributed by atoms with Crippen LogP contribution in [0.25, 0.3) is 0 Å². The average Bonchev–Trinajstić information content (AvgIpc) is 2.81. The van der Waals surface area contributed by atoms with Crippen molar-refractivity contribution >= 4 is 0 Å². The molecule has 72 valence electrons. The molecule has 1 saturated carbocycles. The van der Waals surface area contributed by atoms with E-state index in [9.17, 15) is 5.11 Å². The Hall–Kier alpha value is -0.940. The molecule has 0 radical (unpaired) electrons. The summed E-state index contributed by atoms with van der Waals surface area (Å²) < 4.78 is 4.85. The summed E-state index contributed by atoms with van der Waals surface area (Å²) in [7, 11) is 0. The van der Waals surface area contributed by atoms with Crippen molar-refractivity contribution < 1.29 is 9.63 Å². The third-order valence-electron chi connectivity index (χ3n) is 2.16. The fraction of sp³-hybridized carbons (Fsp3) is 0.750. The lowest BCUT2D eigenvalue weighted by Gasteiger charge is -1.97. The van der Waals surface area contributed by atoms with E-state index in [1.807, 2.05) is 0 Å². The van der Waals surface area contributed by atoms with Crippen molar-refractivity contribution in [3.63, 3.8) is 0 Å². The number of aliphatic hydroxyl groups is 1. The molecular weight excluding hydrogens is 170 g/mol. The van der Waals surface area contributed by atoms with Crippen LogP contribution >= 0.6 is 0 Å². The van der Waals surface area contributed by atoms with Gasteiger partial charge >= 0.3 is 0 Å². The van der Waals surface area contributed by atoms with Crippen molar-refractivity contribution in [2.24, 2.45) is 11.7 Å². The highest BCUT2D eigenvalue weighted by Gasteiger charge is 2.24. The minimum absolute atomic E-state index is 0.116. The first-order chi connectivity index (χ1) is 6.29. The summed E-state index contributed by atoms with van der Waals surface area (Å²) in [5.74, 6) is 1.64. The van der Waals surface area contributed by atoms with Crippen LogP contribution in [-0.2, 0) is 6.42 Å². The Morgan fingerprint density at radius 3 is 3.00 bits per heavy atom.